The second kappa shape index (κ2) is 7.85. The summed E-state index contributed by atoms with van der Waals surface area (Å²) in [6.45, 7) is 5.99. The van der Waals surface area contributed by atoms with Crippen LogP contribution in [0.5, 0.6) is 0 Å². The van der Waals surface area contributed by atoms with Crippen LogP contribution >= 0.6 is 0 Å². The third-order valence-corrected chi connectivity index (χ3v) is 7.70. The van der Waals surface area contributed by atoms with E-state index < -0.39 is 0 Å². The number of aliphatic hydroxyl groups is 1. The van der Waals surface area contributed by atoms with E-state index in [0.717, 1.165) is 30.8 Å². The number of benzene rings is 1. The first-order valence-corrected chi connectivity index (χ1v) is 11.4. The average Bonchev–Trinajstić information content (AvgIpc) is 3.19. The molecule has 0 aromatic heterocycles. The summed E-state index contributed by atoms with van der Waals surface area (Å²) in [7, 11) is 0. The Morgan fingerprint density at radius 2 is 2.03 bits per heavy atom. The fraction of sp³-hybridized carbons (Fsp3) is 0.652. The van der Waals surface area contributed by atoms with Gasteiger partial charge in [0.25, 0.3) is 5.91 Å². The number of carbonyl (C=O) groups is 2. The summed E-state index contributed by atoms with van der Waals surface area (Å²) in [4.78, 5) is 31.9. The molecule has 5 rings (SSSR count). The number of hydrogen-bond acceptors (Lipinski definition) is 4. The molecule has 7 nitrogen and oxygen atoms in total. The third-order valence-electron chi connectivity index (χ3n) is 7.70. The summed E-state index contributed by atoms with van der Waals surface area (Å²) in [5, 5.41) is 12.9. The Hall–Kier alpha value is -2.12. The van der Waals surface area contributed by atoms with E-state index in [1.54, 1.807) is 4.90 Å². The molecule has 0 unspecified atom stereocenters. The standard InChI is InChI=1S/C23H32N4O3/c1-15-5-6-16(11-20(15)27-9-7-24-23(27)30)22(29)25-12-17-10-18(13-25)21(14-28)26-8-3-2-4-19(17)26/h5-6,11,17-19,21,28H,2-4,7-10,12-14H2,1H3,(H,24,30)/t17-,18+,19+,21+/m1/s1. The lowest BCUT2D eigenvalue weighted by molar-refractivity contribution is -0.0795. The van der Waals surface area contributed by atoms with Crippen molar-refractivity contribution >= 4 is 17.6 Å². The van der Waals surface area contributed by atoms with Crippen LogP contribution in [0.2, 0.25) is 0 Å². The molecule has 3 amide bonds. The smallest absolute Gasteiger partial charge is 0.322 e. The lowest BCUT2D eigenvalue weighted by Gasteiger charge is -2.56. The van der Waals surface area contributed by atoms with Crippen LogP contribution in [0.1, 0.15) is 41.6 Å². The molecule has 4 heterocycles. The van der Waals surface area contributed by atoms with E-state index in [2.05, 4.69) is 10.2 Å². The number of piperidine rings is 3. The van der Waals surface area contributed by atoms with E-state index in [9.17, 15) is 14.7 Å². The van der Waals surface area contributed by atoms with E-state index in [1.165, 1.54) is 19.3 Å². The number of amides is 3. The Balaban J connectivity index is 1.39. The van der Waals surface area contributed by atoms with Gasteiger partial charge in [-0.2, -0.15) is 0 Å². The third kappa shape index (κ3) is 3.28. The van der Waals surface area contributed by atoms with Crippen LogP contribution in [-0.4, -0.2) is 78.3 Å². The van der Waals surface area contributed by atoms with E-state index in [4.69, 9.17) is 0 Å². The van der Waals surface area contributed by atoms with Crippen LogP contribution in [-0.2, 0) is 0 Å². The summed E-state index contributed by atoms with van der Waals surface area (Å²) in [6, 6.07) is 6.27. The molecule has 1 aromatic rings. The lowest BCUT2D eigenvalue weighted by atomic mass is 9.72. The molecule has 0 aliphatic carbocycles. The fourth-order valence-electron chi connectivity index (χ4n) is 6.24. The van der Waals surface area contributed by atoms with Crippen molar-refractivity contribution in [3.63, 3.8) is 0 Å². The van der Waals surface area contributed by atoms with Crippen molar-refractivity contribution in [3.8, 4) is 0 Å². The Kier molecular flexibility index (Phi) is 5.19. The van der Waals surface area contributed by atoms with Gasteiger partial charge >= 0.3 is 6.03 Å². The van der Waals surface area contributed by atoms with Gasteiger partial charge in [0, 0.05) is 49.5 Å². The van der Waals surface area contributed by atoms with Gasteiger partial charge in [-0.05, 0) is 62.3 Å². The molecule has 0 radical (unpaired) electrons. The molecule has 4 saturated heterocycles. The predicted molar refractivity (Wildman–Crippen MR) is 115 cm³/mol. The first-order valence-electron chi connectivity index (χ1n) is 11.4. The van der Waals surface area contributed by atoms with Gasteiger partial charge in [0.15, 0.2) is 0 Å². The van der Waals surface area contributed by atoms with Gasteiger partial charge in [-0.25, -0.2) is 4.79 Å². The molecule has 30 heavy (non-hydrogen) atoms. The zero-order valence-corrected chi connectivity index (χ0v) is 17.7. The molecule has 1 aromatic carbocycles. The molecular weight excluding hydrogens is 380 g/mol. The van der Waals surface area contributed by atoms with Gasteiger partial charge in [-0.1, -0.05) is 12.5 Å². The van der Waals surface area contributed by atoms with Gasteiger partial charge in [-0.3, -0.25) is 14.6 Å². The number of rotatable bonds is 3. The summed E-state index contributed by atoms with van der Waals surface area (Å²) in [6.07, 6.45) is 4.75. The zero-order valence-electron chi connectivity index (χ0n) is 17.7. The van der Waals surface area contributed by atoms with Crippen LogP contribution in [0.4, 0.5) is 10.5 Å². The van der Waals surface area contributed by atoms with E-state index >= 15 is 0 Å². The molecule has 4 fully saturated rings. The van der Waals surface area contributed by atoms with Crippen molar-refractivity contribution in [2.24, 2.45) is 11.8 Å². The normalized spacial score (nSPS) is 31.5. The molecule has 4 aliphatic rings. The fourth-order valence-corrected chi connectivity index (χ4v) is 6.24. The van der Waals surface area contributed by atoms with Gasteiger partial charge in [0.05, 0.1) is 6.61 Å². The summed E-state index contributed by atoms with van der Waals surface area (Å²) in [5.41, 5.74) is 2.47. The summed E-state index contributed by atoms with van der Waals surface area (Å²) >= 11 is 0. The molecule has 162 valence electrons. The number of likely N-dealkylation sites (tertiary alicyclic amines) is 1. The molecule has 7 heteroatoms. The maximum atomic E-state index is 13.5. The highest BCUT2D eigenvalue weighted by Gasteiger charge is 2.47. The number of hydrogen-bond donors (Lipinski definition) is 2. The number of carbonyl (C=O) groups excluding carboxylic acids is 2. The topological polar surface area (TPSA) is 76.1 Å². The van der Waals surface area contributed by atoms with E-state index in [0.29, 0.717) is 43.1 Å². The molecule has 2 N–H and O–H groups in total. The maximum absolute atomic E-state index is 13.5. The number of anilines is 1. The highest BCUT2D eigenvalue weighted by atomic mass is 16.3. The van der Waals surface area contributed by atoms with Gasteiger partial charge in [0.1, 0.15) is 0 Å². The Morgan fingerprint density at radius 1 is 1.20 bits per heavy atom. The molecule has 4 aliphatic heterocycles. The van der Waals surface area contributed by atoms with Crippen LogP contribution in [0.25, 0.3) is 0 Å². The van der Waals surface area contributed by atoms with Crippen molar-refractivity contribution < 1.29 is 14.7 Å². The lowest BCUT2D eigenvalue weighted by Crippen LogP contribution is -2.65. The van der Waals surface area contributed by atoms with Crippen LogP contribution < -0.4 is 10.2 Å². The predicted octanol–water partition coefficient (Wildman–Crippen LogP) is 1.83. The summed E-state index contributed by atoms with van der Waals surface area (Å²) < 4.78 is 0. The first-order chi connectivity index (χ1) is 14.6. The second-order valence-corrected chi connectivity index (χ2v) is 9.40. The minimum atomic E-state index is -0.0987. The number of nitrogens with zero attached hydrogens (tertiary/aromatic N) is 3. The highest BCUT2D eigenvalue weighted by molar-refractivity contribution is 5.99. The Morgan fingerprint density at radius 3 is 2.80 bits per heavy atom. The van der Waals surface area contributed by atoms with Crippen LogP contribution in [0.3, 0.4) is 0 Å². The second-order valence-electron chi connectivity index (χ2n) is 9.40. The highest BCUT2D eigenvalue weighted by Crippen LogP contribution is 2.41. The minimum Gasteiger partial charge on any atom is -0.395 e. The molecular formula is C23H32N4O3. The molecule has 4 atom stereocenters. The molecule has 0 spiro atoms. The zero-order chi connectivity index (χ0) is 20.8. The first kappa shape index (κ1) is 19.8. The average molecular weight is 413 g/mol. The van der Waals surface area contributed by atoms with Gasteiger partial charge in [-0.15, -0.1) is 0 Å². The quantitative estimate of drug-likeness (QED) is 0.794. The number of aryl methyl sites for hydroxylation is 1. The van der Waals surface area contributed by atoms with Crippen molar-refractivity contribution in [1.82, 2.24) is 15.1 Å². The van der Waals surface area contributed by atoms with Crippen molar-refractivity contribution in [3.05, 3.63) is 29.3 Å². The number of aliphatic hydroxyl groups excluding tert-OH is 1. The van der Waals surface area contributed by atoms with E-state index in [1.807, 2.05) is 30.0 Å². The van der Waals surface area contributed by atoms with E-state index in [-0.39, 0.29) is 24.6 Å². The number of urea groups is 1. The van der Waals surface area contributed by atoms with Gasteiger partial charge in [0.2, 0.25) is 0 Å². The largest absolute Gasteiger partial charge is 0.395 e. The SMILES string of the molecule is Cc1ccc(C(=O)N2C[C@H]3C[C@@H](C2)[C@H](CO)N2CCCC[C@@H]32)cc1N1CCNC1=O. The minimum absolute atomic E-state index is 0.0477. The maximum Gasteiger partial charge on any atom is 0.322 e. The van der Waals surface area contributed by atoms with Crippen molar-refractivity contribution in [2.45, 2.75) is 44.7 Å². The van der Waals surface area contributed by atoms with Crippen molar-refractivity contribution in [2.75, 3.05) is 44.2 Å². The van der Waals surface area contributed by atoms with Gasteiger partial charge < -0.3 is 15.3 Å². The molecule has 0 saturated carbocycles. The molecule has 2 bridgehead atoms. The monoisotopic (exact) mass is 412 g/mol. The summed E-state index contributed by atoms with van der Waals surface area (Å²) in [5.74, 6) is 0.873. The van der Waals surface area contributed by atoms with Crippen LogP contribution in [0.15, 0.2) is 18.2 Å². The number of fused-ring (bicyclic) bond motifs is 4. The van der Waals surface area contributed by atoms with Crippen molar-refractivity contribution in [1.29, 1.82) is 0 Å². The Labute approximate surface area is 178 Å². The van der Waals surface area contributed by atoms with Crippen LogP contribution in [0, 0.1) is 18.8 Å². The Bertz CT molecular complexity index is 830. The number of nitrogens with one attached hydrogen (secondary N) is 1.